The van der Waals surface area contributed by atoms with Gasteiger partial charge in [0.2, 0.25) is 5.78 Å². The van der Waals surface area contributed by atoms with E-state index in [2.05, 4.69) is 20.9 Å². The van der Waals surface area contributed by atoms with Crippen molar-refractivity contribution in [1.82, 2.24) is 14.9 Å². The maximum atomic E-state index is 12.0. The zero-order chi connectivity index (χ0) is 20.9. The van der Waals surface area contributed by atoms with Crippen LogP contribution in [-0.2, 0) is 6.54 Å². The van der Waals surface area contributed by atoms with Crippen molar-refractivity contribution in [1.29, 1.82) is 0 Å². The maximum absolute atomic E-state index is 12.0. The first-order chi connectivity index (χ1) is 14.6. The molecule has 0 radical (unpaired) electrons. The summed E-state index contributed by atoms with van der Waals surface area (Å²) in [4.78, 5) is 22.9. The van der Waals surface area contributed by atoms with E-state index in [1.807, 2.05) is 18.2 Å². The van der Waals surface area contributed by atoms with Crippen molar-refractivity contribution in [2.75, 3.05) is 20.2 Å². The van der Waals surface area contributed by atoms with Gasteiger partial charge in [-0.3, -0.25) is 9.69 Å². The average molecular weight is 428 g/mol. The summed E-state index contributed by atoms with van der Waals surface area (Å²) >= 11 is 6.45. The Hall–Kier alpha value is -2.44. The summed E-state index contributed by atoms with van der Waals surface area (Å²) in [6, 6.07) is 7.94. The van der Waals surface area contributed by atoms with E-state index < -0.39 is 0 Å². The van der Waals surface area contributed by atoms with Crippen molar-refractivity contribution < 1.29 is 13.9 Å². The normalized spacial score (nSPS) is 15.5. The predicted octanol–water partition coefficient (Wildman–Crippen LogP) is 5.15. The van der Waals surface area contributed by atoms with Crippen molar-refractivity contribution in [3.05, 3.63) is 53.3 Å². The molecule has 0 N–H and O–H groups in total. The van der Waals surface area contributed by atoms with Gasteiger partial charge >= 0.3 is 0 Å². The number of hydrogen-bond acceptors (Lipinski definition) is 6. The molecular formula is C23H26ClN3O3. The summed E-state index contributed by atoms with van der Waals surface area (Å²) in [7, 11) is 1.67. The topological polar surface area (TPSA) is 68.5 Å². The van der Waals surface area contributed by atoms with Crippen LogP contribution in [0, 0.1) is 5.92 Å². The molecule has 1 aliphatic rings. The van der Waals surface area contributed by atoms with Crippen LogP contribution in [0.25, 0.3) is 10.9 Å². The highest BCUT2D eigenvalue weighted by Crippen LogP contribution is 2.28. The Kier molecular flexibility index (Phi) is 6.65. The highest BCUT2D eigenvalue weighted by Gasteiger charge is 2.21. The second-order valence-electron chi connectivity index (χ2n) is 7.87. The van der Waals surface area contributed by atoms with Crippen molar-refractivity contribution >= 4 is 28.3 Å². The third-order valence-corrected chi connectivity index (χ3v) is 6.16. The van der Waals surface area contributed by atoms with Gasteiger partial charge in [-0.2, -0.15) is 0 Å². The van der Waals surface area contributed by atoms with E-state index in [4.69, 9.17) is 20.8 Å². The zero-order valence-electron chi connectivity index (χ0n) is 17.1. The molecule has 2 aromatic heterocycles. The number of aromatic nitrogens is 2. The molecule has 30 heavy (non-hydrogen) atoms. The zero-order valence-corrected chi connectivity index (χ0v) is 17.9. The van der Waals surface area contributed by atoms with Gasteiger partial charge in [0.25, 0.3) is 5.89 Å². The number of Topliss-reactive ketones (excluding diaryl/α,β-unsaturated/α-hetero) is 1. The Bertz CT molecular complexity index is 998. The molecule has 0 unspecified atom stereocenters. The Labute approximate surface area is 181 Å². The van der Waals surface area contributed by atoms with Crippen molar-refractivity contribution in [2.24, 2.45) is 5.92 Å². The molecule has 1 saturated heterocycles. The molecule has 6 nitrogen and oxygen atoms in total. The monoisotopic (exact) mass is 427 g/mol. The quantitative estimate of drug-likeness (QED) is 0.365. The minimum atomic E-state index is -0.00693. The van der Waals surface area contributed by atoms with Crippen LogP contribution in [0.5, 0.6) is 5.75 Å². The summed E-state index contributed by atoms with van der Waals surface area (Å²) in [5, 5.41) is 1.61. The number of halogens is 1. The van der Waals surface area contributed by atoms with Gasteiger partial charge in [0.05, 0.1) is 18.8 Å². The Morgan fingerprint density at radius 1 is 1.30 bits per heavy atom. The second-order valence-corrected chi connectivity index (χ2v) is 8.23. The van der Waals surface area contributed by atoms with E-state index >= 15 is 0 Å². The highest BCUT2D eigenvalue weighted by molar-refractivity contribution is 6.30. The first-order valence-corrected chi connectivity index (χ1v) is 10.8. The molecule has 158 valence electrons. The molecule has 1 aliphatic heterocycles. The fourth-order valence-electron chi connectivity index (χ4n) is 4.11. The van der Waals surface area contributed by atoms with Crippen molar-refractivity contribution in [2.45, 2.75) is 38.6 Å². The number of ketones is 1. The van der Waals surface area contributed by atoms with Crippen LogP contribution in [0.2, 0.25) is 5.15 Å². The molecule has 7 heteroatoms. The van der Waals surface area contributed by atoms with E-state index in [1.54, 1.807) is 7.11 Å². The molecule has 0 bridgehead atoms. The third kappa shape index (κ3) is 4.99. The smallest absolute Gasteiger partial charge is 0.263 e. The van der Waals surface area contributed by atoms with E-state index in [0.717, 1.165) is 67.5 Å². The summed E-state index contributed by atoms with van der Waals surface area (Å²) in [5.74, 6) is 1.70. The minimum Gasteiger partial charge on any atom is -0.497 e. The molecule has 1 fully saturated rings. The van der Waals surface area contributed by atoms with Gasteiger partial charge in [-0.25, -0.2) is 9.97 Å². The number of pyridine rings is 1. The molecule has 0 saturated carbocycles. The number of piperidine rings is 1. The van der Waals surface area contributed by atoms with E-state index in [1.165, 1.54) is 12.5 Å². The molecule has 0 amide bonds. The Morgan fingerprint density at radius 3 is 2.87 bits per heavy atom. The van der Waals surface area contributed by atoms with Crippen molar-refractivity contribution in [3.63, 3.8) is 0 Å². The fourth-order valence-corrected chi connectivity index (χ4v) is 4.31. The standard InChI is InChI=1S/C23H26ClN3O3/c1-29-19-5-6-20-17(14-19)13-18(22(24)26-20)15-27-10-7-16(8-11-27)3-2-4-21(28)23-25-9-12-30-23/h5-6,9,12-14,16H,2-4,7-8,10-11,15H2,1H3. The summed E-state index contributed by atoms with van der Waals surface area (Å²) in [6.07, 6.45) is 7.68. The fraction of sp³-hybridized carbons (Fsp3) is 0.435. The van der Waals surface area contributed by atoms with E-state index in [9.17, 15) is 4.79 Å². The molecule has 1 aromatic carbocycles. The predicted molar refractivity (Wildman–Crippen MR) is 116 cm³/mol. The van der Waals surface area contributed by atoms with Crippen LogP contribution in [0.1, 0.15) is 48.4 Å². The van der Waals surface area contributed by atoms with Crippen LogP contribution in [-0.4, -0.2) is 40.9 Å². The van der Waals surface area contributed by atoms with E-state index in [-0.39, 0.29) is 11.7 Å². The number of fused-ring (bicyclic) bond motifs is 1. The Balaban J connectivity index is 1.27. The number of likely N-dealkylation sites (tertiary alicyclic amines) is 1. The van der Waals surface area contributed by atoms with Crippen LogP contribution >= 0.6 is 11.6 Å². The lowest BCUT2D eigenvalue weighted by Crippen LogP contribution is -2.33. The Morgan fingerprint density at radius 2 is 2.13 bits per heavy atom. The number of carbonyl (C=O) groups excluding carboxylic acids is 1. The lowest BCUT2D eigenvalue weighted by Gasteiger charge is -2.32. The second kappa shape index (κ2) is 9.58. The number of methoxy groups -OCH3 is 1. The molecule has 0 spiro atoms. The lowest BCUT2D eigenvalue weighted by atomic mass is 9.91. The number of benzene rings is 1. The SMILES string of the molecule is COc1ccc2nc(Cl)c(CN3CCC(CCCC(=O)c4ncco4)CC3)cc2c1. The van der Waals surface area contributed by atoms with E-state index in [0.29, 0.717) is 17.5 Å². The van der Waals surface area contributed by atoms with Crippen LogP contribution in [0.3, 0.4) is 0 Å². The van der Waals surface area contributed by atoms with Gasteiger partial charge in [0.15, 0.2) is 0 Å². The minimum absolute atomic E-state index is 0.00693. The van der Waals surface area contributed by atoms with Gasteiger partial charge < -0.3 is 9.15 Å². The van der Waals surface area contributed by atoms with Gasteiger partial charge in [-0.1, -0.05) is 11.6 Å². The molecular weight excluding hydrogens is 402 g/mol. The van der Waals surface area contributed by atoms with Crippen LogP contribution < -0.4 is 4.74 Å². The summed E-state index contributed by atoms with van der Waals surface area (Å²) in [5.41, 5.74) is 1.93. The molecule has 3 heterocycles. The van der Waals surface area contributed by atoms with Crippen LogP contribution in [0.4, 0.5) is 0 Å². The molecule has 4 rings (SSSR count). The highest BCUT2D eigenvalue weighted by atomic mass is 35.5. The van der Waals surface area contributed by atoms with Gasteiger partial charge in [-0.05, 0) is 69.0 Å². The van der Waals surface area contributed by atoms with Gasteiger partial charge in [0, 0.05) is 23.9 Å². The molecule has 0 atom stereocenters. The lowest BCUT2D eigenvalue weighted by molar-refractivity contribution is 0.0940. The third-order valence-electron chi connectivity index (χ3n) is 5.84. The van der Waals surface area contributed by atoms with Gasteiger partial charge in [0.1, 0.15) is 17.2 Å². The van der Waals surface area contributed by atoms with Crippen LogP contribution in [0.15, 0.2) is 41.1 Å². The number of rotatable bonds is 8. The first-order valence-electron chi connectivity index (χ1n) is 10.4. The van der Waals surface area contributed by atoms with Gasteiger partial charge in [-0.15, -0.1) is 0 Å². The number of nitrogens with zero attached hydrogens (tertiary/aromatic N) is 3. The summed E-state index contributed by atoms with van der Waals surface area (Å²) in [6.45, 7) is 2.87. The number of ether oxygens (including phenoxy) is 1. The number of oxazole rings is 1. The first kappa shape index (κ1) is 20.8. The summed E-state index contributed by atoms with van der Waals surface area (Å²) < 4.78 is 10.4. The molecule has 0 aliphatic carbocycles. The maximum Gasteiger partial charge on any atom is 0.263 e. The average Bonchev–Trinajstić information content (AvgIpc) is 3.30. The largest absolute Gasteiger partial charge is 0.497 e. The number of hydrogen-bond donors (Lipinski definition) is 0. The van der Waals surface area contributed by atoms with Crippen molar-refractivity contribution in [3.8, 4) is 5.75 Å². The molecule has 3 aromatic rings. The number of carbonyl (C=O) groups is 1.